The molecular weight excluding hydrogens is 278 g/mol. The van der Waals surface area contributed by atoms with Crippen molar-refractivity contribution in [2.24, 2.45) is 0 Å². The molecule has 0 unspecified atom stereocenters. The number of benzene rings is 2. The van der Waals surface area contributed by atoms with E-state index in [4.69, 9.17) is 4.74 Å². The van der Waals surface area contributed by atoms with Gasteiger partial charge in [-0.05, 0) is 32.0 Å². The van der Waals surface area contributed by atoms with Gasteiger partial charge in [0.15, 0.2) is 0 Å². The summed E-state index contributed by atoms with van der Waals surface area (Å²) >= 11 is 0. The number of amides is 2. The van der Waals surface area contributed by atoms with Crippen LogP contribution in [-0.4, -0.2) is 30.4 Å². The van der Waals surface area contributed by atoms with E-state index in [0.29, 0.717) is 28.8 Å². The lowest BCUT2D eigenvalue weighted by molar-refractivity contribution is 0.0628. The van der Waals surface area contributed by atoms with E-state index in [-0.39, 0.29) is 11.8 Å². The molecule has 1 aliphatic heterocycles. The molecule has 0 aliphatic carbocycles. The Balaban J connectivity index is 2.22. The Morgan fingerprint density at radius 1 is 1.09 bits per heavy atom. The Kier molecular flexibility index (Phi) is 3.45. The Labute approximate surface area is 129 Å². The van der Waals surface area contributed by atoms with Crippen LogP contribution in [-0.2, 0) is 0 Å². The number of imide groups is 1. The second-order valence-corrected chi connectivity index (χ2v) is 5.55. The third-order valence-electron chi connectivity index (χ3n) is 3.85. The van der Waals surface area contributed by atoms with Crippen molar-refractivity contribution >= 4 is 22.6 Å². The minimum Gasteiger partial charge on any atom is -0.496 e. The van der Waals surface area contributed by atoms with E-state index in [1.54, 1.807) is 25.3 Å². The Morgan fingerprint density at radius 3 is 2.41 bits per heavy atom. The maximum atomic E-state index is 12.7. The number of rotatable bonds is 3. The molecule has 0 saturated carbocycles. The predicted molar refractivity (Wildman–Crippen MR) is 85.3 cm³/mol. The van der Waals surface area contributed by atoms with Crippen LogP contribution in [0.5, 0.6) is 5.75 Å². The molecule has 1 aliphatic rings. The van der Waals surface area contributed by atoms with Gasteiger partial charge in [0.05, 0.1) is 7.11 Å². The minimum atomic E-state index is -0.256. The molecule has 0 atom stereocenters. The molecule has 0 N–H and O–H groups in total. The first kappa shape index (κ1) is 14.3. The summed E-state index contributed by atoms with van der Waals surface area (Å²) in [6.07, 6.45) is 1.88. The summed E-state index contributed by atoms with van der Waals surface area (Å²) in [5.74, 6) is 0.154. The first-order valence-corrected chi connectivity index (χ1v) is 7.14. The molecule has 0 spiro atoms. The van der Waals surface area contributed by atoms with Gasteiger partial charge in [-0.15, -0.1) is 0 Å². The highest BCUT2D eigenvalue weighted by Crippen LogP contribution is 2.35. The van der Waals surface area contributed by atoms with Crippen molar-refractivity contribution in [3.8, 4) is 5.75 Å². The first-order chi connectivity index (χ1) is 10.5. The molecule has 1 heterocycles. The zero-order chi connectivity index (χ0) is 15.9. The number of carbonyl (C=O) groups excluding carboxylic acids is 2. The molecule has 22 heavy (non-hydrogen) atoms. The molecule has 0 radical (unpaired) electrons. The van der Waals surface area contributed by atoms with E-state index < -0.39 is 0 Å². The zero-order valence-corrected chi connectivity index (χ0v) is 12.8. The van der Waals surface area contributed by atoms with E-state index >= 15 is 0 Å². The quantitative estimate of drug-likeness (QED) is 0.644. The monoisotopic (exact) mass is 295 g/mol. The summed E-state index contributed by atoms with van der Waals surface area (Å²) in [5.41, 5.74) is 2.17. The average molecular weight is 295 g/mol. The highest BCUT2D eigenvalue weighted by atomic mass is 16.5. The predicted octanol–water partition coefficient (Wildman–Crippen LogP) is 3.41. The normalized spacial score (nSPS) is 13.5. The van der Waals surface area contributed by atoms with Gasteiger partial charge in [-0.1, -0.05) is 23.8 Å². The van der Waals surface area contributed by atoms with Gasteiger partial charge in [0.1, 0.15) is 5.75 Å². The van der Waals surface area contributed by atoms with Crippen molar-refractivity contribution < 1.29 is 14.3 Å². The molecular formula is C18H17NO3. The van der Waals surface area contributed by atoms with E-state index in [2.05, 4.69) is 0 Å². The van der Waals surface area contributed by atoms with Crippen molar-refractivity contribution in [3.05, 3.63) is 53.1 Å². The fourth-order valence-corrected chi connectivity index (χ4v) is 2.74. The molecule has 2 aromatic rings. The highest BCUT2D eigenvalue weighted by Gasteiger charge is 2.32. The van der Waals surface area contributed by atoms with Crippen LogP contribution in [0, 0.1) is 0 Å². The summed E-state index contributed by atoms with van der Waals surface area (Å²) in [6, 6.07) is 8.95. The number of hydrogen-bond acceptors (Lipinski definition) is 3. The van der Waals surface area contributed by atoms with Crippen LogP contribution in [0.3, 0.4) is 0 Å². The summed E-state index contributed by atoms with van der Waals surface area (Å²) in [5, 5.41) is 1.48. The van der Waals surface area contributed by atoms with Crippen LogP contribution in [0.25, 0.3) is 10.8 Å². The molecule has 2 aromatic carbocycles. The molecule has 2 amide bonds. The number of carbonyl (C=O) groups is 2. The van der Waals surface area contributed by atoms with Crippen molar-refractivity contribution in [1.82, 2.24) is 4.90 Å². The van der Waals surface area contributed by atoms with Crippen LogP contribution in [0.2, 0.25) is 0 Å². The third kappa shape index (κ3) is 2.08. The average Bonchev–Trinajstić information content (AvgIpc) is 2.51. The Hall–Kier alpha value is -2.62. The van der Waals surface area contributed by atoms with Gasteiger partial charge in [-0.2, -0.15) is 0 Å². The summed E-state index contributed by atoms with van der Waals surface area (Å²) in [7, 11) is 1.58. The van der Waals surface area contributed by atoms with E-state index in [1.165, 1.54) is 4.90 Å². The van der Waals surface area contributed by atoms with Crippen LogP contribution in [0.15, 0.2) is 42.0 Å². The summed E-state index contributed by atoms with van der Waals surface area (Å²) < 4.78 is 5.34. The lowest BCUT2D eigenvalue weighted by atomic mass is 9.93. The molecule has 112 valence electrons. The number of nitrogens with zero attached hydrogens (tertiary/aromatic N) is 1. The highest BCUT2D eigenvalue weighted by molar-refractivity contribution is 6.26. The fraction of sp³-hybridized carbons (Fsp3) is 0.222. The van der Waals surface area contributed by atoms with Crippen molar-refractivity contribution in [2.75, 3.05) is 13.7 Å². The van der Waals surface area contributed by atoms with Crippen LogP contribution in [0.1, 0.15) is 34.6 Å². The second kappa shape index (κ2) is 5.30. The summed E-state index contributed by atoms with van der Waals surface area (Å²) in [4.78, 5) is 26.6. The van der Waals surface area contributed by atoms with E-state index in [1.807, 2.05) is 32.1 Å². The molecule has 0 aromatic heterocycles. The largest absolute Gasteiger partial charge is 0.496 e. The second-order valence-electron chi connectivity index (χ2n) is 5.55. The number of hydrogen-bond donors (Lipinski definition) is 0. The van der Waals surface area contributed by atoms with Gasteiger partial charge in [0.25, 0.3) is 11.8 Å². The van der Waals surface area contributed by atoms with E-state index in [0.717, 1.165) is 11.0 Å². The van der Waals surface area contributed by atoms with Crippen LogP contribution < -0.4 is 4.74 Å². The maximum Gasteiger partial charge on any atom is 0.261 e. The topological polar surface area (TPSA) is 46.6 Å². The van der Waals surface area contributed by atoms with Gasteiger partial charge < -0.3 is 4.74 Å². The Bertz CT molecular complexity index is 794. The molecule has 0 fully saturated rings. The third-order valence-corrected chi connectivity index (χ3v) is 3.85. The SMILES string of the molecule is COc1ccc2c3c(cccc13)C(=O)N(CC=C(C)C)C2=O. The van der Waals surface area contributed by atoms with Gasteiger partial charge in [0.2, 0.25) is 0 Å². The number of allylic oxidation sites excluding steroid dienone is 1. The molecule has 3 rings (SSSR count). The smallest absolute Gasteiger partial charge is 0.261 e. The van der Waals surface area contributed by atoms with Gasteiger partial charge in [0, 0.05) is 28.4 Å². The van der Waals surface area contributed by atoms with Crippen molar-refractivity contribution in [3.63, 3.8) is 0 Å². The minimum absolute atomic E-state index is 0.256. The van der Waals surface area contributed by atoms with Crippen molar-refractivity contribution in [1.29, 1.82) is 0 Å². The lowest BCUT2D eigenvalue weighted by Crippen LogP contribution is -2.40. The Morgan fingerprint density at radius 2 is 1.77 bits per heavy atom. The van der Waals surface area contributed by atoms with E-state index in [9.17, 15) is 9.59 Å². The fourth-order valence-electron chi connectivity index (χ4n) is 2.74. The van der Waals surface area contributed by atoms with Gasteiger partial charge in [-0.3, -0.25) is 14.5 Å². The van der Waals surface area contributed by atoms with Crippen LogP contribution in [0.4, 0.5) is 0 Å². The molecule has 0 saturated heterocycles. The number of methoxy groups -OCH3 is 1. The summed E-state index contributed by atoms with van der Waals surface area (Å²) in [6.45, 7) is 4.18. The first-order valence-electron chi connectivity index (χ1n) is 7.14. The standard InChI is InChI=1S/C18H17NO3/c1-11(2)9-10-19-17(20)13-6-4-5-12-15(22-3)8-7-14(16(12)13)18(19)21/h4-9H,10H2,1-3H3. The van der Waals surface area contributed by atoms with Crippen LogP contribution >= 0.6 is 0 Å². The molecule has 4 nitrogen and oxygen atoms in total. The molecule has 0 bridgehead atoms. The van der Waals surface area contributed by atoms with Crippen molar-refractivity contribution in [2.45, 2.75) is 13.8 Å². The molecule has 4 heteroatoms. The lowest BCUT2D eigenvalue weighted by Gasteiger charge is -2.26. The number of ether oxygens (including phenoxy) is 1. The van der Waals surface area contributed by atoms with Gasteiger partial charge in [-0.25, -0.2) is 0 Å². The maximum absolute atomic E-state index is 12.7. The zero-order valence-electron chi connectivity index (χ0n) is 12.8. The van der Waals surface area contributed by atoms with Gasteiger partial charge >= 0.3 is 0 Å².